The van der Waals surface area contributed by atoms with Gasteiger partial charge in [0, 0.05) is 16.8 Å². The number of para-hydroxylation sites is 1. The number of aromatic nitrogens is 1. The molecule has 0 aliphatic rings. The van der Waals surface area contributed by atoms with Gasteiger partial charge in [0.25, 0.3) is 5.91 Å². The molecule has 0 aliphatic heterocycles. The summed E-state index contributed by atoms with van der Waals surface area (Å²) in [5.41, 5.74) is 3.73. The van der Waals surface area contributed by atoms with Gasteiger partial charge in [-0.05, 0) is 38.3 Å². The number of hydrogen-bond acceptors (Lipinski definition) is 5. The van der Waals surface area contributed by atoms with Gasteiger partial charge in [-0.15, -0.1) is 11.3 Å². The third-order valence-electron chi connectivity index (χ3n) is 3.71. The van der Waals surface area contributed by atoms with Gasteiger partial charge in [-0.2, -0.15) is 5.26 Å². The lowest BCUT2D eigenvalue weighted by Gasteiger charge is -2.12. The first-order valence-corrected chi connectivity index (χ1v) is 8.48. The van der Waals surface area contributed by atoms with Gasteiger partial charge >= 0.3 is 0 Å². The number of nitriles is 1. The lowest BCUT2D eigenvalue weighted by Crippen LogP contribution is -2.16. The molecule has 0 aliphatic carbocycles. The Hall–Kier alpha value is -2.65. The van der Waals surface area contributed by atoms with Crippen LogP contribution in [0.3, 0.4) is 0 Å². The van der Waals surface area contributed by atoms with Crippen molar-refractivity contribution in [2.24, 2.45) is 0 Å². The standard InChI is InChI=1S/C18H20N4OS/c1-5-14-8-6-7-11(2)16(14)22-17(23)15(9-19)10-20-18-21-12(3)13(4)24-18/h6-8,10H,5H2,1-4H3,(H,20,21)(H,22,23)/b15-10-. The van der Waals surface area contributed by atoms with Crippen molar-refractivity contribution in [1.82, 2.24) is 4.98 Å². The molecule has 24 heavy (non-hydrogen) atoms. The molecule has 0 atom stereocenters. The molecule has 0 saturated carbocycles. The van der Waals surface area contributed by atoms with Crippen molar-refractivity contribution >= 4 is 28.1 Å². The minimum Gasteiger partial charge on any atom is -0.337 e. The zero-order valence-corrected chi connectivity index (χ0v) is 15.0. The summed E-state index contributed by atoms with van der Waals surface area (Å²) in [4.78, 5) is 17.8. The van der Waals surface area contributed by atoms with Crippen LogP contribution in [0.2, 0.25) is 0 Å². The summed E-state index contributed by atoms with van der Waals surface area (Å²) in [5.74, 6) is -0.431. The maximum Gasteiger partial charge on any atom is 0.267 e. The number of anilines is 2. The maximum absolute atomic E-state index is 12.4. The molecule has 0 fully saturated rings. The van der Waals surface area contributed by atoms with E-state index in [1.807, 2.05) is 52.0 Å². The highest BCUT2D eigenvalue weighted by Crippen LogP contribution is 2.23. The quantitative estimate of drug-likeness (QED) is 0.635. The molecule has 0 saturated heterocycles. The van der Waals surface area contributed by atoms with Gasteiger partial charge in [-0.3, -0.25) is 4.79 Å². The number of aryl methyl sites for hydroxylation is 4. The van der Waals surface area contributed by atoms with Crippen molar-refractivity contribution in [2.75, 3.05) is 10.6 Å². The number of nitrogens with zero attached hydrogens (tertiary/aromatic N) is 2. The summed E-state index contributed by atoms with van der Waals surface area (Å²) < 4.78 is 0. The Bertz CT molecular complexity index is 811. The van der Waals surface area contributed by atoms with Crippen molar-refractivity contribution in [3.8, 4) is 6.07 Å². The largest absolute Gasteiger partial charge is 0.337 e. The lowest BCUT2D eigenvalue weighted by atomic mass is 10.1. The number of amides is 1. The molecule has 0 radical (unpaired) electrons. The van der Waals surface area contributed by atoms with Gasteiger partial charge in [0.2, 0.25) is 0 Å². The van der Waals surface area contributed by atoms with E-state index in [1.54, 1.807) is 0 Å². The number of carbonyl (C=O) groups is 1. The first kappa shape index (κ1) is 17.7. The van der Waals surface area contributed by atoms with Crippen LogP contribution in [-0.4, -0.2) is 10.9 Å². The number of carbonyl (C=O) groups excluding carboxylic acids is 1. The summed E-state index contributed by atoms with van der Waals surface area (Å²) in [5, 5.41) is 15.7. The highest BCUT2D eigenvalue weighted by molar-refractivity contribution is 7.15. The summed E-state index contributed by atoms with van der Waals surface area (Å²) in [6.07, 6.45) is 2.20. The SMILES string of the molecule is CCc1cccc(C)c1NC(=O)/C(C#N)=C\Nc1nc(C)c(C)s1. The van der Waals surface area contributed by atoms with Gasteiger partial charge in [-0.1, -0.05) is 25.1 Å². The third kappa shape index (κ3) is 4.00. The molecule has 2 aromatic rings. The zero-order chi connectivity index (χ0) is 17.7. The Morgan fingerprint density at radius 1 is 1.38 bits per heavy atom. The Morgan fingerprint density at radius 2 is 2.12 bits per heavy atom. The highest BCUT2D eigenvalue weighted by atomic mass is 32.1. The van der Waals surface area contributed by atoms with Crippen LogP contribution in [0.25, 0.3) is 0 Å². The summed E-state index contributed by atoms with van der Waals surface area (Å²) >= 11 is 1.48. The Balaban J connectivity index is 2.18. The molecular weight excluding hydrogens is 320 g/mol. The van der Waals surface area contributed by atoms with E-state index >= 15 is 0 Å². The van der Waals surface area contributed by atoms with Gasteiger partial charge in [0.1, 0.15) is 11.6 Å². The maximum atomic E-state index is 12.4. The minimum atomic E-state index is -0.431. The number of nitrogens with one attached hydrogen (secondary N) is 2. The topological polar surface area (TPSA) is 77.8 Å². The van der Waals surface area contributed by atoms with Crippen LogP contribution >= 0.6 is 11.3 Å². The fraction of sp³-hybridized carbons (Fsp3) is 0.278. The molecule has 0 unspecified atom stereocenters. The molecule has 6 heteroatoms. The van der Waals surface area contributed by atoms with Crippen molar-refractivity contribution in [3.05, 3.63) is 51.7 Å². The first-order chi connectivity index (χ1) is 11.5. The van der Waals surface area contributed by atoms with Crippen molar-refractivity contribution in [3.63, 3.8) is 0 Å². The van der Waals surface area contributed by atoms with Crippen LogP contribution in [0.15, 0.2) is 30.0 Å². The van der Waals surface area contributed by atoms with E-state index in [2.05, 4.69) is 15.6 Å². The van der Waals surface area contributed by atoms with E-state index in [0.29, 0.717) is 5.13 Å². The lowest BCUT2D eigenvalue weighted by molar-refractivity contribution is -0.112. The average molecular weight is 340 g/mol. The molecule has 1 heterocycles. The van der Waals surface area contributed by atoms with Gasteiger partial charge in [0.15, 0.2) is 5.13 Å². The fourth-order valence-electron chi connectivity index (χ4n) is 2.20. The van der Waals surface area contributed by atoms with E-state index in [4.69, 9.17) is 0 Å². The van der Waals surface area contributed by atoms with Crippen LogP contribution in [0, 0.1) is 32.1 Å². The molecule has 0 spiro atoms. The van der Waals surface area contributed by atoms with Gasteiger partial charge in [0.05, 0.1) is 5.69 Å². The average Bonchev–Trinajstić information content (AvgIpc) is 2.88. The second-order valence-electron chi connectivity index (χ2n) is 5.39. The first-order valence-electron chi connectivity index (χ1n) is 7.67. The van der Waals surface area contributed by atoms with Crippen LogP contribution in [0.5, 0.6) is 0 Å². The second-order valence-corrected chi connectivity index (χ2v) is 6.59. The Morgan fingerprint density at radius 3 is 2.71 bits per heavy atom. The van der Waals surface area contributed by atoms with Gasteiger partial charge < -0.3 is 10.6 Å². The molecule has 1 amide bonds. The second kappa shape index (κ2) is 7.75. The number of rotatable bonds is 5. The Kier molecular flexibility index (Phi) is 5.72. The van der Waals surface area contributed by atoms with Crippen molar-refractivity contribution < 1.29 is 4.79 Å². The fourth-order valence-corrected chi connectivity index (χ4v) is 2.98. The minimum absolute atomic E-state index is 0.00538. The highest BCUT2D eigenvalue weighted by Gasteiger charge is 2.13. The summed E-state index contributed by atoms with van der Waals surface area (Å²) in [6.45, 7) is 7.86. The normalized spacial score (nSPS) is 11.0. The molecule has 124 valence electrons. The number of hydrogen-bond donors (Lipinski definition) is 2. The smallest absolute Gasteiger partial charge is 0.267 e. The number of thiazole rings is 1. The molecule has 1 aromatic heterocycles. The molecule has 5 nitrogen and oxygen atoms in total. The van der Waals surface area contributed by atoms with Crippen LogP contribution < -0.4 is 10.6 Å². The monoisotopic (exact) mass is 340 g/mol. The van der Waals surface area contributed by atoms with Crippen molar-refractivity contribution in [2.45, 2.75) is 34.1 Å². The van der Waals surface area contributed by atoms with Crippen LogP contribution in [0.4, 0.5) is 10.8 Å². The molecule has 2 rings (SSSR count). The van der Waals surface area contributed by atoms with E-state index in [1.165, 1.54) is 17.5 Å². The Labute approximate surface area is 146 Å². The summed E-state index contributed by atoms with van der Waals surface area (Å²) in [7, 11) is 0. The van der Waals surface area contributed by atoms with E-state index in [-0.39, 0.29) is 5.57 Å². The summed E-state index contributed by atoms with van der Waals surface area (Å²) in [6, 6.07) is 7.80. The van der Waals surface area contributed by atoms with Crippen LogP contribution in [-0.2, 0) is 11.2 Å². The predicted molar refractivity (Wildman–Crippen MR) is 98.1 cm³/mol. The van der Waals surface area contributed by atoms with E-state index < -0.39 is 5.91 Å². The molecule has 1 aromatic carbocycles. The van der Waals surface area contributed by atoms with E-state index in [9.17, 15) is 10.1 Å². The predicted octanol–water partition coefficient (Wildman–Crippen LogP) is 4.09. The molecule has 0 bridgehead atoms. The van der Waals surface area contributed by atoms with E-state index in [0.717, 1.165) is 33.8 Å². The molecular formula is C18H20N4OS. The zero-order valence-electron chi connectivity index (χ0n) is 14.2. The van der Waals surface area contributed by atoms with Crippen molar-refractivity contribution in [1.29, 1.82) is 5.26 Å². The third-order valence-corrected chi connectivity index (χ3v) is 4.72. The van der Waals surface area contributed by atoms with Gasteiger partial charge in [-0.25, -0.2) is 4.98 Å². The number of benzene rings is 1. The van der Waals surface area contributed by atoms with Crippen LogP contribution in [0.1, 0.15) is 28.6 Å². The molecule has 2 N–H and O–H groups in total.